The number of anilines is 1. The highest BCUT2D eigenvalue weighted by atomic mass is 19.3. The zero-order valence-corrected chi connectivity index (χ0v) is 21.0. The van der Waals surface area contributed by atoms with Gasteiger partial charge < -0.3 is 10.4 Å². The van der Waals surface area contributed by atoms with E-state index in [2.05, 4.69) is 25.4 Å². The lowest BCUT2D eigenvalue weighted by molar-refractivity contribution is -0.0864. The van der Waals surface area contributed by atoms with Gasteiger partial charge in [0.1, 0.15) is 6.61 Å². The van der Waals surface area contributed by atoms with Crippen molar-refractivity contribution in [3.05, 3.63) is 68.0 Å². The number of hydrogen-bond acceptors (Lipinski definition) is 7. The van der Waals surface area contributed by atoms with Gasteiger partial charge in [0.05, 0.1) is 53.7 Å². The predicted octanol–water partition coefficient (Wildman–Crippen LogP) is 2.03. The molecule has 0 spiro atoms. The number of likely N-dealkylation sites (tertiary alicyclic amines) is 1. The quantitative estimate of drug-likeness (QED) is 0.333. The summed E-state index contributed by atoms with van der Waals surface area (Å²) in [5.41, 5.74) is 1.44. The number of aromatic amines is 2. The van der Waals surface area contributed by atoms with Gasteiger partial charge in [0.15, 0.2) is 0 Å². The minimum absolute atomic E-state index is 0.146. The summed E-state index contributed by atoms with van der Waals surface area (Å²) >= 11 is 0. The maximum absolute atomic E-state index is 14.5. The van der Waals surface area contributed by atoms with Crippen LogP contribution in [0, 0.1) is 0 Å². The van der Waals surface area contributed by atoms with Crippen molar-refractivity contribution in [2.45, 2.75) is 43.8 Å². The molecule has 1 aromatic carbocycles. The molecule has 12 heteroatoms. The number of H-pyrrole nitrogens is 2. The molecule has 1 saturated heterocycles. The van der Waals surface area contributed by atoms with E-state index >= 15 is 0 Å². The van der Waals surface area contributed by atoms with Gasteiger partial charge in [-0.2, -0.15) is 0 Å². The van der Waals surface area contributed by atoms with E-state index in [9.17, 15) is 27.9 Å². The summed E-state index contributed by atoms with van der Waals surface area (Å²) in [6, 6.07) is 5.90. The van der Waals surface area contributed by atoms with Gasteiger partial charge in [0.2, 0.25) is 0 Å². The third-order valence-corrected chi connectivity index (χ3v) is 7.43. The van der Waals surface area contributed by atoms with Gasteiger partial charge in [-0.25, -0.2) is 8.78 Å². The summed E-state index contributed by atoms with van der Waals surface area (Å²) < 4.78 is 41.4. The summed E-state index contributed by atoms with van der Waals surface area (Å²) in [7, 11) is 0. The fourth-order valence-electron chi connectivity index (χ4n) is 5.58. The van der Waals surface area contributed by atoms with E-state index in [1.807, 2.05) is 13.0 Å². The summed E-state index contributed by atoms with van der Waals surface area (Å²) in [4.78, 5) is 33.7. The van der Waals surface area contributed by atoms with E-state index in [4.69, 9.17) is 0 Å². The number of halogens is 3. The van der Waals surface area contributed by atoms with E-state index < -0.39 is 36.2 Å². The molecule has 4 heterocycles. The molecule has 9 nitrogen and oxygen atoms in total. The highest BCUT2D eigenvalue weighted by Gasteiger charge is 2.42. The van der Waals surface area contributed by atoms with Crippen LogP contribution in [0.25, 0.3) is 10.8 Å². The van der Waals surface area contributed by atoms with Crippen molar-refractivity contribution in [3.63, 3.8) is 0 Å². The molecule has 0 aliphatic carbocycles. The second-order valence-electron chi connectivity index (χ2n) is 10.2. The summed E-state index contributed by atoms with van der Waals surface area (Å²) in [5.74, 6) is -3.38. The van der Waals surface area contributed by atoms with Gasteiger partial charge in [0, 0.05) is 25.7 Å². The van der Waals surface area contributed by atoms with Crippen LogP contribution < -0.4 is 16.4 Å². The number of fused-ring (bicyclic) bond motifs is 3. The Kier molecular flexibility index (Phi) is 7.30. The van der Waals surface area contributed by atoms with Crippen LogP contribution in [0.4, 0.5) is 18.9 Å². The zero-order valence-electron chi connectivity index (χ0n) is 21.0. The van der Waals surface area contributed by atoms with E-state index in [-0.39, 0.29) is 29.5 Å². The molecule has 2 atom stereocenters. The first-order chi connectivity index (χ1) is 18.2. The van der Waals surface area contributed by atoms with E-state index in [1.54, 1.807) is 29.3 Å². The number of hydrogen-bond donors (Lipinski definition) is 4. The normalized spacial score (nSPS) is 20.9. The molecule has 1 unspecified atom stereocenters. The number of nitrogens with zero attached hydrogens (tertiary/aromatic N) is 3. The Morgan fingerprint density at radius 3 is 2.61 bits per heavy atom. The van der Waals surface area contributed by atoms with Crippen LogP contribution in [0.3, 0.4) is 0 Å². The second kappa shape index (κ2) is 10.5. The summed E-state index contributed by atoms with van der Waals surface area (Å²) in [6.07, 6.45) is 2.53. The fourth-order valence-corrected chi connectivity index (χ4v) is 5.58. The summed E-state index contributed by atoms with van der Waals surface area (Å²) in [5, 5.41) is 17.7. The van der Waals surface area contributed by atoms with Crippen LogP contribution in [0.15, 0.2) is 40.1 Å². The van der Waals surface area contributed by atoms with Crippen molar-refractivity contribution >= 4 is 16.5 Å². The van der Waals surface area contributed by atoms with Crippen LogP contribution in [0.2, 0.25) is 0 Å². The zero-order chi connectivity index (χ0) is 27.0. The largest absolute Gasteiger partial charge is 0.390 e. The molecule has 0 amide bonds. The van der Waals surface area contributed by atoms with Crippen LogP contribution in [0.1, 0.15) is 36.2 Å². The first-order valence-electron chi connectivity index (χ1n) is 12.7. The van der Waals surface area contributed by atoms with Crippen LogP contribution in [0.5, 0.6) is 0 Å². The molecular formula is C26H31F3N6O3. The minimum atomic E-state index is -3.38. The van der Waals surface area contributed by atoms with Crippen molar-refractivity contribution in [3.8, 4) is 0 Å². The van der Waals surface area contributed by atoms with Crippen molar-refractivity contribution in [2.75, 3.05) is 44.8 Å². The molecule has 2 aromatic heterocycles. The lowest BCUT2D eigenvalue weighted by Gasteiger charge is -2.43. The summed E-state index contributed by atoms with van der Waals surface area (Å²) in [6.45, 7) is 1.73. The molecule has 0 radical (unpaired) electrons. The van der Waals surface area contributed by atoms with Gasteiger partial charge in [-0.1, -0.05) is 6.07 Å². The van der Waals surface area contributed by atoms with E-state index in [0.717, 1.165) is 30.9 Å². The van der Waals surface area contributed by atoms with Crippen molar-refractivity contribution in [2.24, 2.45) is 0 Å². The lowest BCUT2D eigenvalue weighted by Crippen LogP contribution is -2.54. The number of nitrogens with one attached hydrogen (secondary N) is 3. The van der Waals surface area contributed by atoms with Crippen LogP contribution in [-0.4, -0.2) is 87.6 Å². The molecule has 0 bridgehead atoms. The molecule has 2 aliphatic heterocycles. The van der Waals surface area contributed by atoms with Crippen LogP contribution in [-0.2, 0) is 6.42 Å². The topological polar surface area (TPSA) is 117 Å². The minimum Gasteiger partial charge on any atom is -0.390 e. The SMILES string of the molecule is C[C@@H]1Cc2ccc3c(=O)[nH][nH]c(=O)c3c2C(c2ccc(NC3CN(CCCF)C3)cn2)N1CC(F)(F)CO. The average Bonchev–Trinajstić information content (AvgIpc) is 2.88. The van der Waals surface area contributed by atoms with E-state index in [1.165, 1.54) is 0 Å². The first kappa shape index (κ1) is 26.4. The average molecular weight is 533 g/mol. The molecule has 3 aromatic rings. The number of pyridine rings is 1. The Bertz CT molecular complexity index is 1400. The highest BCUT2D eigenvalue weighted by molar-refractivity contribution is 5.86. The molecule has 2 aliphatic rings. The predicted molar refractivity (Wildman–Crippen MR) is 138 cm³/mol. The van der Waals surface area contributed by atoms with Gasteiger partial charge >= 0.3 is 0 Å². The first-order valence-corrected chi connectivity index (χ1v) is 12.7. The Hall–Kier alpha value is -3.22. The van der Waals surface area contributed by atoms with Gasteiger partial charge in [-0.3, -0.25) is 39.0 Å². The third kappa shape index (κ3) is 5.07. The Morgan fingerprint density at radius 1 is 1.16 bits per heavy atom. The maximum Gasteiger partial charge on any atom is 0.283 e. The van der Waals surface area contributed by atoms with Crippen molar-refractivity contribution in [1.29, 1.82) is 0 Å². The highest BCUT2D eigenvalue weighted by Crippen LogP contribution is 2.41. The van der Waals surface area contributed by atoms with Crippen LogP contribution >= 0.6 is 0 Å². The monoisotopic (exact) mass is 532 g/mol. The Balaban J connectivity index is 1.52. The molecule has 5 rings (SSSR count). The number of benzene rings is 1. The number of aliphatic hydroxyl groups is 1. The van der Waals surface area contributed by atoms with Gasteiger partial charge in [-0.05, 0) is 49.1 Å². The second-order valence-corrected chi connectivity index (χ2v) is 10.2. The molecule has 1 fully saturated rings. The molecular weight excluding hydrogens is 501 g/mol. The molecule has 4 N–H and O–H groups in total. The van der Waals surface area contributed by atoms with Crippen molar-refractivity contribution in [1.82, 2.24) is 25.0 Å². The fraction of sp³-hybridized carbons (Fsp3) is 0.500. The number of rotatable bonds is 9. The lowest BCUT2D eigenvalue weighted by atomic mass is 9.83. The number of aliphatic hydroxyl groups excluding tert-OH is 1. The third-order valence-electron chi connectivity index (χ3n) is 7.43. The molecule has 204 valence electrons. The Morgan fingerprint density at radius 2 is 1.92 bits per heavy atom. The molecule has 38 heavy (non-hydrogen) atoms. The smallest absolute Gasteiger partial charge is 0.283 e. The van der Waals surface area contributed by atoms with Gasteiger partial charge in [-0.15, -0.1) is 0 Å². The maximum atomic E-state index is 14.5. The standard InChI is InChI=1S/C26H31F3N6O3/c1-15-9-16-3-5-19-22(25(38)33-32-24(19)37)21(16)23(35(15)13-26(28,29)14-36)20-6-4-17(10-30-20)31-18-11-34(12-18)8-2-7-27/h3-6,10,15,18,23,31,36H,2,7-9,11-14H2,1H3,(H,32,37)(H,33,38)/t15-,23?/m1/s1. The number of alkyl halides is 3. The molecule has 0 saturated carbocycles. The van der Waals surface area contributed by atoms with Gasteiger partial charge in [0.25, 0.3) is 17.0 Å². The number of aromatic nitrogens is 3. The Labute approximate surface area is 216 Å². The van der Waals surface area contributed by atoms with E-state index in [0.29, 0.717) is 24.1 Å². The van der Waals surface area contributed by atoms with Crippen molar-refractivity contribution < 1.29 is 18.3 Å².